The van der Waals surface area contributed by atoms with E-state index in [2.05, 4.69) is 31.3 Å². The van der Waals surface area contributed by atoms with E-state index in [0.29, 0.717) is 39.0 Å². The molecule has 4 rings (SSSR count). The lowest BCUT2D eigenvalue weighted by atomic mass is 9.68. The van der Waals surface area contributed by atoms with Gasteiger partial charge in [-0.25, -0.2) is 0 Å². The van der Waals surface area contributed by atoms with E-state index in [0.717, 1.165) is 105 Å². The van der Waals surface area contributed by atoms with Crippen molar-refractivity contribution in [1.29, 1.82) is 0 Å². The zero-order valence-electron chi connectivity index (χ0n) is 37.2. The van der Waals surface area contributed by atoms with Crippen LogP contribution in [-0.4, -0.2) is 75.2 Å². The van der Waals surface area contributed by atoms with Crippen LogP contribution in [-0.2, 0) is 24.7 Å². The average Bonchev–Trinajstić information content (AvgIpc) is 3.55. The van der Waals surface area contributed by atoms with Gasteiger partial charge >= 0.3 is 0 Å². The van der Waals surface area contributed by atoms with Gasteiger partial charge in [-0.2, -0.15) is 0 Å². The highest BCUT2D eigenvalue weighted by Gasteiger charge is 2.54. The number of nitrogens with one attached hydrogen (secondary N) is 1. The van der Waals surface area contributed by atoms with Crippen LogP contribution < -0.4 is 14.8 Å². The first-order chi connectivity index (χ1) is 29.1. The second-order valence-electron chi connectivity index (χ2n) is 17.4. The number of carbonyl (C=O) groups excluding carboxylic acids is 3. The van der Waals surface area contributed by atoms with Crippen molar-refractivity contribution in [2.24, 2.45) is 10.8 Å². The standard InChI is InChI=1S/C51H74N2O7/c1-49(40-55)38-53(48(57)27-21-14-10-9-13-20-26-47(56)52-36-22-15-11-7-5-6-8-12-16-23-37-54)39-50(49,2)41-60-51(42-24-18-17-19-25-42,43-28-32-45(58-3)33-29-43)44-30-34-46(59-4)35-31-44/h17-19,24-25,28-35,37,55H,5-16,20-23,26-27,36,38-41H2,1-4H3,(H,52,56). The van der Waals surface area contributed by atoms with E-state index < -0.39 is 16.4 Å². The van der Waals surface area contributed by atoms with Gasteiger partial charge in [-0.05, 0) is 66.6 Å². The molecular formula is C51H74N2O7. The number of aliphatic hydroxyl groups excluding tert-OH is 1. The molecule has 9 heteroatoms. The van der Waals surface area contributed by atoms with Crippen molar-refractivity contribution in [3.8, 4) is 11.5 Å². The molecule has 1 aliphatic heterocycles. The molecule has 0 bridgehead atoms. The largest absolute Gasteiger partial charge is 0.497 e. The third kappa shape index (κ3) is 13.9. The molecule has 1 aliphatic rings. The number of carbonyl (C=O) groups is 3. The van der Waals surface area contributed by atoms with Crippen molar-refractivity contribution in [2.45, 2.75) is 135 Å². The van der Waals surface area contributed by atoms with Crippen LogP contribution in [0.15, 0.2) is 78.9 Å². The Labute approximate surface area is 361 Å². The minimum atomic E-state index is -1.000. The van der Waals surface area contributed by atoms with Crippen LogP contribution in [0.25, 0.3) is 0 Å². The SMILES string of the molecule is COc1ccc(C(OCC2(C)CN(C(=O)CCCCCCCCC(=O)NCCCCCCCCCCCC=O)CC2(C)CO)(c2ccccc2)c2ccc(OC)cc2)cc1. The molecule has 3 aromatic carbocycles. The molecule has 1 fully saturated rings. The first-order valence-corrected chi connectivity index (χ1v) is 22.7. The Balaban J connectivity index is 1.22. The third-order valence-electron chi connectivity index (χ3n) is 12.9. The number of nitrogens with zero attached hydrogens (tertiary/aromatic N) is 1. The van der Waals surface area contributed by atoms with E-state index >= 15 is 0 Å². The van der Waals surface area contributed by atoms with Crippen LogP contribution in [0.1, 0.15) is 146 Å². The Morgan fingerprint density at radius 2 is 1.12 bits per heavy atom. The number of unbranched alkanes of at least 4 members (excludes halogenated alkanes) is 14. The van der Waals surface area contributed by atoms with Crippen LogP contribution >= 0.6 is 0 Å². The smallest absolute Gasteiger partial charge is 0.222 e. The van der Waals surface area contributed by atoms with Gasteiger partial charge in [-0.1, -0.05) is 139 Å². The molecule has 2 amide bonds. The summed E-state index contributed by atoms with van der Waals surface area (Å²) in [6.07, 6.45) is 19.2. The van der Waals surface area contributed by atoms with Crippen molar-refractivity contribution in [3.63, 3.8) is 0 Å². The van der Waals surface area contributed by atoms with E-state index in [9.17, 15) is 19.5 Å². The van der Waals surface area contributed by atoms with Crippen LogP contribution in [0.3, 0.4) is 0 Å². The monoisotopic (exact) mass is 827 g/mol. The van der Waals surface area contributed by atoms with Gasteiger partial charge in [-0.15, -0.1) is 0 Å². The summed E-state index contributed by atoms with van der Waals surface area (Å²) in [5.41, 5.74) is 0.727. The lowest BCUT2D eigenvalue weighted by molar-refractivity contribution is -0.131. The molecule has 0 aromatic heterocycles. The fourth-order valence-corrected chi connectivity index (χ4v) is 8.59. The third-order valence-corrected chi connectivity index (χ3v) is 12.9. The first-order valence-electron chi connectivity index (χ1n) is 22.7. The lowest BCUT2D eigenvalue weighted by Crippen LogP contribution is -2.46. The first kappa shape index (κ1) is 48.5. The predicted octanol–water partition coefficient (Wildman–Crippen LogP) is 10.2. The normalized spacial score (nSPS) is 17.7. The predicted molar refractivity (Wildman–Crippen MR) is 240 cm³/mol. The molecule has 330 valence electrons. The van der Waals surface area contributed by atoms with Crippen molar-refractivity contribution in [1.82, 2.24) is 10.2 Å². The summed E-state index contributed by atoms with van der Waals surface area (Å²) in [7, 11) is 3.31. The number of methoxy groups -OCH3 is 2. The maximum absolute atomic E-state index is 13.7. The summed E-state index contributed by atoms with van der Waals surface area (Å²) in [4.78, 5) is 38.3. The zero-order valence-corrected chi connectivity index (χ0v) is 37.2. The summed E-state index contributed by atoms with van der Waals surface area (Å²) >= 11 is 0. The number of hydrogen-bond acceptors (Lipinski definition) is 7. The van der Waals surface area contributed by atoms with Gasteiger partial charge in [0.05, 0.1) is 27.4 Å². The van der Waals surface area contributed by atoms with Crippen molar-refractivity contribution < 1.29 is 33.7 Å². The van der Waals surface area contributed by atoms with Crippen LogP contribution in [0, 0.1) is 10.8 Å². The van der Waals surface area contributed by atoms with Crippen molar-refractivity contribution in [3.05, 3.63) is 95.6 Å². The highest BCUT2D eigenvalue weighted by atomic mass is 16.5. The highest BCUT2D eigenvalue weighted by molar-refractivity contribution is 5.77. The van der Waals surface area contributed by atoms with Gasteiger partial charge in [0.25, 0.3) is 0 Å². The maximum atomic E-state index is 13.7. The molecule has 0 aliphatic carbocycles. The molecule has 0 saturated carbocycles. The van der Waals surface area contributed by atoms with E-state index in [1.54, 1.807) is 14.2 Å². The summed E-state index contributed by atoms with van der Waals surface area (Å²) < 4.78 is 18.3. The lowest BCUT2D eigenvalue weighted by Gasteiger charge is -2.43. The Morgan fingerprint density at radius 3 is 1.63 bits per heavy atom. The molecule has 2 unspecified atom stereocenters. The van der Waals surface area contributed by atoms with Gasteiger partial charge in [0.1, 0.15) is 23.4 Å². The zero-order chi connectivity index (χ0) is 43.1. The molecule has 0 radical (unpaired) electrons. The maximum Gasteiger partial charge on any atom is 0.222 e. The number of amides is 2. The number of aliphatic hydroxyl groups is 1. The van der Waals surface area contributed by atoms with Gasteiger partial charge < -0.3 is 34.3 Å². The summed E-state index contributed by atoms with van der Waals surface area (Å²) in [5.74, 6) is 1.78. The van der Waals surface area contributed by atoms with Gasteiger partial charge in [0, 0.05) is 49.7 Å². The fourth-order valence-electron chi connectivity index (χ4n) is 8.59. The quantitative estimate of drug-likeness (QED) is 0.0391. The van der Waals surface area contributed by atoms with Gasteiger partial charge in [0.15, 0.2) is 0 Å². The Hall–Kier alpha value is -4.21. The molecule has 2 N–H and O–H groups in total. The number of likely N-dealkylation sites (tertiary alicyclic amines) is 1. The fraction of sp³-hybridized carbons (Fsp3) is 0.588. The Bertz CT molecular complexity index is 1630. The molecule has 3 aromatic rings. The highest BCUT2D eigenvalue weighted by Crippen LogP contribution is 2.49. The second-order valence-corrected chi connectivity index (χ2v) is 17.4. The van der Waals surface area contributed by atoms with Crippen molar-refractivity contribution >= 4 is 18.1 Å². The molecule has 60 heavy (non-hydrogen) atoms. The minimum Gasteiger partial charge on any atom is -0.497 e. The molecule has 9 nitrogen and oxygen atoms in total. The number of rotatable bonds is 30. The summed E-state index contributed by atoms with van der Waals surface area (Å²) in [6.45, 7) is 6.17. The molecular weight excluding hydrogens is 753 g/mol. The summed E-state index contributed by atoms with van der Waals surface area (Å²) in [6, 6.07) is 26.2. The van der Waals surface area contributed by atoms with Crippen LogP contribution in [0.5, 0.6) is 11.5 Å². The molecule has 2 atom stereocenters. The van der Waals surface area contributed by atoms with E-state index in [-0.39, 0.29) is 18.4 Å². The summed E-state index contributed by atoms with van der Waals surface area (Å²) in [5, 5.41) is 14.0. The number of hydrogen-bond donors (Lipinski definition) is 2. The van der Waals surface area contributed by atoms with Crippen molar-refractivity contribution in [2.75, 3.05) is 47.1 Å². The topological polar surface area (TPSA) is 114 Å². The van der Waals surface area contributed by atoms with Gasteiger partial charge in [-0.3, -0.25) is 9.59 Å². The second kappa shape index (κ2) is 25.5. The Kier molecular flexibility index (Phi) is 20.6. The van der Waals surface area contributed by atoms with E-state index in [1.165, 1.54) is 32.1 Å². The average molecular weight is 827 g/mol. The minimum absolute atomic E-state index is 0.0652. The molecule has 1 saturated heterocycles. The molecule has 1 heterocycles. The Morgan fingerprint density at radius 1 is 0.650 bits per heavy atom. The van der Waals surface area contributed by atoms with Crippen LogP contribution in [0.2, 0.25) is 0 Å². The van der Waals surface area contributed by atoms with E-state index in [1.807, 2.05) is 71.6 Å². The number of ether oxygens (including phenoxy) is 3. The van der Waals surface area contributed by atoms with E-state index in [4.69, 9.17) is 14.2 Å². The number of aldehydes is 1. The van der Waals surface area contributed by atoms with Gasteiger partial charge in [0.2, 0.25) is 11.8 Å². The van der Waals surface area contributed by atoms with Crippen LogP contribution in [0.4, 0.5) is 0 Å². The number of benzene rings is 3. The molecule has 0 spiro atoms.